The molecule has 1 aliphatic rings. The number of rotatable bonds is 7. The molecule has 1 saturated heterocycles. The molecule has 2 aromatic carbocycles. The first-order valence-corrected chi connectivity index (χ1v) is 10.1. The van der Waals surface area contributed by atoms with Crippen molar-refractivity contribution in [3.8, 4) is 5.75 Å². The Labute approximate surface area is 179 Å². The molecule has 2 aromatic rings. The van der Waals surface area contributed by atoms with E-state index >= 15 is 0 Å². The van der Waals surface area contributed by atoms with Gasteiger partial charge >= 0.3 is 0 Å². The van der Waals surface area contributed by atoms with E-state index < -0.39 is 12.0 Å². The number of halogens is 2. The molecule has 1 heterocycles. The van der Waals surface area contributed by atoms with Crippen molar-refractivity contribution >= 4 is 40.7 Å². The van der Waals surface area contributed by atoms with E-state index in [9.17, 15) is 9.59 Å². The van der Waals surface area contributed by atoms with Crippen molar-refractivity contribution in [2.24, 2.45) is 0 Å². The van der Waals surface area contributed by atoms with Crippen molar-refractivity contribution in [2.45, 2.75) is 32.0 Å². The lowest BCUT2D eigenvalue weighted by Gasteiger charge is -2.17. The number of amides is 2. The van der Waals surface area contributed by atoms with Crippen molar-refractivity contribution < 1.29 is 19.1 Å². The Morgan fingerprint density at radius 3 is 2.76 bits per heavy atom. The van der Waals surface area contributed by atoms with E-state index in [2.05, 4.69) is 10.6 Å². The lowest BCUT2D eigenvalue weighted by Crippen LogP contribution is -2.34. The van der Waals surface area contributed by atoms with Crippen molar-refractivity contribution in [1.29, 1.82) is 0 Å². The average molecular weight is 437 g/mol. The van der Waals surface area contributed by atoms with Crippen LogP contribution in [0, 0.1) is 0 Å². The highest BCUT2D eigenvalue weighted by atomic mass is 35.5. The molecule has 0 saturated carbocycles. The monoisotopic (exact) mass is 436 g/mol. The van der Waals surface area contributed by atoms with Crippen LogP contribution in [0.25, 0.3) is 0 Å². The van der Waals surface area contributed by atoms with Crippen LogP contribution < -0.4 is 15.4 Å². The van der Waals surface area contributed by atoms with Gasteiger partial charge in [0.25, 0.3) is 11.8 Å². The molecule has 0 aromatic heterocycles. The molecular weight excluding hydrogens is 415 g/mol. The van der Waals surface area contributed by atoms with Gasteiger partial charge in [-0.2, -0.15) is 0 Å². The second-order valence-electron chi connectivity index (χ2n) is 6.71. The summed E-state index contributed by atoms with van der Waals surface area (Å²) in [5.41, 5.74) is 0.774. The quantitative estimate of drug-likeness (QED) is 0.677. The van der Waals surface area contributed by atoms with Crippen LogP contribution in [0.2, 0.25) is 10.0 Å². The number of nitrogens with one attached hydrogen (secondary N) is 2. The van der Waals surface area contributed by atoms with Gasteiger partial charge in [0.05, 0.1) is 22.4 Å². The summed E-state index contributed by atoms with van der Waals surface area (Å²) in [5.74, 6) is -0.331. The highest BCUT2D eigenvalue weighted by Crippen LogP contribution is 2.28. The number of carbonyl (C=O) groups excluding carboxylic acids is 2. The Bertz CT molecular complexity index is 885. The van der Waals surface area contributed by atoms with Crippen LogP contribution in [0.4, 0.5) is 5.69 Å². The third-order valence-corrected chi connectivity index (χ3v) is 5.04. The standard InChI is InChI=1S/C21H22Cl2N2O4/c1-13(29-19-9-8-14(22)11-17(19)23)20(26)25-18-7-3-2-6-16(18)21(27)24-12-15-5-4-10-28-15/h2-3,6-9,11,13,15H,4-5,10,12H2,1H3,(H,24,27)(H,25,26). The molecule has 2 amide bonds. The summed E-state index contributed by atoms with van der Waals surface area (Å²) in [4.78, 5) is 25.1. The second kappa shape index (κ2) is 9.96. The van der Waals surface area contributed by atoms with Gasteiger partial charge in [0.2, 0.25) is 0 Å². The minimum absolute atomic E-state index is 0.0400. The molecule has 154 valence electrons. The zero-order valence-corrected chi connectivity index (χ0v) is 17.4. The molecule has 6 nitrogen and oxygen atoms in total. The third-order valence-electron chi connectivity index (χ3n) is 4.51. The number of ether oxygens (including phenoxy) is 2. The van der Waals surface area contributed by atoms with E-state index in [4.69, 9.17) is 32.7 Å². The molecule has 2 unspecified atom stereocenters. The smallest absolute Gasteiger partial charge is 0.265 e. The van der Waals surface area contributed by atoms with Crippen LogP contribution in [0.15, 0.2) is 42.5 Å². The number of hydrogen-bond donors (Lipinski definition) is 2. The van der Waals surface area contributed by atoms with E-state index in [1.807, 2.05) is 0 Å². The molecule has 2 atom stereocenters. The van der Waals surface area contributed by atoms with E-state index in [0.717, 1.165) is 19.4 Å². The van der Waals surface area contributed by atoms with Gasteiger partial charge in [-0.05, 0) is 50.1 Å². The molecule has 0 radical (unpaired) electrons. The highest BCUT2D eigenvalue weighted by Gasteiger charge is 2.21. The maximum atomic E-state index is 12.6. The fourth-order valence-electron chi connectivity index (χ4n) is 2.95. The summed E-state index contributed by atoms with van der Waals surface area (Å²) in [7, 11) is 0. The summed E-state index contributed by atoms with van der Waals surface area (Å²) in [5, 5.41) is 6.39. The molecule has 1 fully saturated rings. The van der Waals surface area contributed by atoms with Gasteiger partial charge < -0.3 is 20.1 Å². The van der Waals surface area contributed by atoms with E-state index in [-0.39, 0.29) is 12.0 Å². The lowest BCUT2D eigenvalue weighted by molar-refractivity contribution is -0.122. The SMILES string of the molecule is CC(Oc1ccc(Cl)cc1Cl)C(=O)Nc1ccccc1C(=O)NCC1CCCO1. The Morgan fingerprint density at radius 1 is 1.24 bits per heavy atom. The predicted octanol–water partition coefficient (Wildman–Crippen LogP) is 4.31. The molecule has 0 spiro atoms. The van der Waals surface area contributed by atoms with E-state index in [1.54, 1.807) is 43.3 Å². The van der Waals surface area contributed by atoms with Crippen molar-refractivity contribution in [1.82, 2.24) is 5.32 Å². The van der Waals surface area contributed by atoms with Gasteiger partial charge in [-0.25, -0.2) is 0 Å². The van der Waals surface area contributed by atoms with Gasteiger partial charge in [-0.1, -0.05) is 35.3 Å². The molecule has 0 aliphatic carbocycles. The summed E-state index contributed by atoms with van der Waals surface area (Å²) in [6.45, 7) is 2.76. The van der Waals surface area contributed by atoms with Crippen molar-refractivity contribution in [2.75, 3.05) is 18.5 Å². The fourth-order valence-corrected chi connectivity index (χ4v) is 3.40. The molecule has 3 rings (SSSR count). The van der Waals surface area contributed by atoms with Crippen LogP contribution in [0.5, 0.6) is 5.75 Å². The Balaban J connectivity index is 1.62. The zero-order chi connectivity index (χ0) is 20.8. The van der Waals surface area contributed by atoms with Gasteiger partial charge in [0.15, 0.2) is 6.10 Å². The summed E-state index contributed by atoms with van der Waals surface area (Å²) in [6, 6.07) is 11.6. The summed E-state index contributed by atoms with van der Waals surface area (Å²) < 4.78 is 11.1. The topological polar surface area (TPSA) is 76.7 Å². The molecular formula is C21H22Cl2N2O4. The number of carbonyl (C=O) groups is 2. The minimum Gasteiger partial charge on any atom is -0.479 e. The van der Waals surface area contributed by atoms with Gasteiger partial charge in [-0.3, -0.25) is 9.59 Å². The molecule has 8 heteroatoms. The number of para-hydroxylation sites is 1. The van der Waals surface area contributed by atoms with Crippen molar-refractivity contribution in [3.63, 3.8) is 0 Å². The van der Waals surface area contributed by atoms with Gasteiger partial charge in [0.1, 0.15) is 5.75 Å². The average Bonchev–Trinajstić information content (AvgIpc) is 3.22. The largest absolute Gasteiger partial charge is 0.479 e. The van der Waals surface area contributed by atoms with E-state index in [0.29, 0.717) is 33.6 Å². The maximum absolute atomic E-state index is 12.6. The molecule has 2 N–H and O–H groups in total. The van der Waals surface area contributed by atoms with Crippen LogP contribution in [-0.4, -0.2) is 37.2 Å². The number of benzene rings is 2. The van der Waals surface area contributed by atoms with Crippen molar-refractivity contribution in [3.05, 3.63) is 58.1 Å². The van der Waals surface area contributed by atoms with Gasteiger partial charge in [0, 0.05) is 18.2 Å². The second-order valence-corrected chi connectivity index (χ2v) is 7.56. The third kappa shape index (κ3) is 5.85. The van der Waals surface area contributed by atoms with E-state index in [1.165, 1.54) is 6.07 Å². The van der Waals surface area contributed by atoms with Crippen LogP contribution in [-0.2, 0) is 9.53 Å². The maximum Gasteiger partial charge on any atom is 0.265 e. The Morgan fingerprint density at radius 2 is 2.03 bits per heavy atom. The number of anilines is 1. The Kier molecular flexibility index (Phi) is 7.36. The first kappa shape index (κ1) is 21.4. The zero-order valence-electron chi connectivity index (χ0n) is 15.9. The van der Waals surface area contributed by atoms with Crippen LogP contribution >= 0.6 is 23.2 Å². The predicted molar refractivity (Wildman–Crippen MR) is 113 cm³/mol. The number of hydrogen-bond acceptors (Lipinski definition) is 4. The first-order chi connectivity index (χ1) is 13.9. The fraction of sp³-hybridized carbons (Fsp3) is 0.333. The molecule has 0 bridgehead atoms. The summed E-state index contributed by atoms with van der Waals surface area (Å²) in [6.07, 6.45) is 1.14. The Hall–Kier alpha value is -2.28. The lowest BCUT2D eigenvalue weighted by atomic mass is 10.1. The van der Waals surface area contributed by atoms with Crippen LogP contribution in [0.1, 0.15) is 30.1 Å². The molecule has 1 aliphatic heterocycles. The molecule has 29 heavy (non-hydrogen) atoms. The first-order valence-electron chi connectivity index (χ1n) is 9.35. The minimum atomic E-state index is -0.836. The summed E-state index contributed by atoms with van der Waals surface area (Å²) >= 11 is 12.0. The highest BCUT2D eigenvalue weighted by molar-refractivity contribution is 6.35. The van der Waals surface area contributed by atoms with Crippen LogP contribution in [0.3, 0.4) is 0 Å². The normalized spacial score (nSPS) is 16.9. The van der Waals surface area contributed by atoms with Gasteiger partial charge in [-0.15, -0.1) is 0 Å².